The number of nitrogens with zero attached hydrogens (tertiary/aromatic N) is 6. The van der Waals surface area contributed by atoms with E-state index in [2.05, 4.69) is 0 Å². The van der Waals surface area contributed by atoms with Crippen molar-refractivity contribution in [1.29, 1.82) is 0 Å². The maximum absolute atomic E-state index is 10.4. The first-order chi connectivity index (χ1) is 27.6. The summed E-state index contributed by atoms with van der Waals surface area (Å²) in [6.07, 6.45) is 0. The maximum Gasteiger partial charge on any atom is 3.00 e. The minimum Gasteiger partial charge on any atom is -0.549 e. The first-order valence-electron chi connectivity index (χ1n) is 16.3. The van der Waals surface area contributed by atoms with Gasteiger partial charge in [-0.3, -0.25) is 29.4 Å². The van der Waals surface area contributed by atoms with Gasteiger partial charge in [-0.15, -0.1) is 0 Å². The minimum atomic E-state index is -1.53. The van der Waals surface area contributed by atoms with E-state index in [1.165, 1.54) is 0 Å². The number of hydrogen-bond acceptors (Lipinski definition) is 30. The monoisotopic (exact) mass is 1560 g/mol. The number of carboxylic acid groups (broad SMARTS) is 12. The number of carboxylic acids is 12. The first-order valence-corrected chi connectivity index (χ1v) is 16.3. The van der Waals surface area contributed by atoms with Gasteiger partial charge in [-0.05, 0) is 0 Å². The topological polar surface area (TPSA) is 501 Å². The van der Waals surface area contributed by atoms with E-state index >= 15 is 0 Å². The molecule has 0 N–H and O–H groups in total. The summed E-state index contributed by atoms with van der Waals surface area (Å²) in [5.74, 6) is -18.4. The molecule has 0 radical (unpaired) electrons. The van der Waals surface area contributed by atoms with Gasteiger partial charge in [0.2, 0.25) is 0 Å². The molecular weight excluding hydrogens is 1530 g/mol. The van der Waals surface area contributed by atoms with E-state index < -0.39 is 150 Å². The van der Waals surface area contributed by atoms with Crippen molar-refractivity contribution in [1.82, 2.24) is 29.4 Å². The molecule has 390 valence electrons. The SMILES string of the molecule is O=C([O-])CN(CCN(CC(=O)[O-])CC(=O)[O-])CC(=O)[O-].O=C([O-])CN(CCN(CC(=O)[O-])CC(=O)[O-])CC(=O)[O-].O=C([O-])CN(CCN(CC(=O)[O-])CC(=O)[O-])CC(=O)[O-].[Lu+3].[Lu+3].[Lu+3].[Lu+3]. The second kappa shape index (κ2) is 45.1. The summed E-state index contributed by atoms with van der Waals surface area (Å²) in [6, 6.07) is 0. The molecule has 0 aliphatic rings. The molecule has 0 saturated carbocycles. The normalized spacial score (nSPS) is 10.0. The number of carbonyl (C=O) groups is 12. The van der Waals surface area contributed by atoms with Crippen LogP contribution in [-0.2, 0) is 57.5 Å². The Hall–Kier alpha value is -1.66. The van der Waals surface area contributed by atoms with Gasteiger partial charge in [0.05, 0.1) is 71.6 Å². The molecule has 0 aliphatic carbocycles. The van der Waals surface area contributed by atoms with E-state index in [0.717, 1.165) is 29.4 Å². The van der Waals surface area contributed by atoms with Gasteiger partial charge in [-0.25, -0.2) is 0 Å². The Bertz CT molecular complexity index is 1140. The van der Waals surface area contributed by atoms with Crippen molar-refractivity contribution in [2.24, 2.45) is 0 Å². The molecule has 0 aromatic heterocycles. The first kappa shape index (κ1) is 76.6. The molecule has 0 fully saturated rings. The fraction of sp³-hybridized carbons (Fsp3) is 0.600. The Kier molecular flexibility index (Phi) is 54.0. The van der Waals surface area contributed by atoms with Crippen LogP contribution in [0.4, 0.5) is 0 Å². The van der Waals surface area contributed by atoms with Crippen LogP contribution in [0.25, 0.3) is 0 Å². The Labute approximate surface area is 479 Å². The largest absolute Gasteiger partial charge is 3.00 e. The molecular formula is C30H36Lu4N6O24. The summed E-state index contributed by atoms with van der Waals surface area (Å²) in [5.41, 5.74) is 0. The molecule has 0 unspecified atom stereocenters. The second-order valence-electron chi connectivity index (χ2n) is 11.7. The summed E-state index contributed by atoms with van der Waals surface area (Å²) in [4.78, 5) is 130. The third-order valence-corrected chi connectivity index (χ3v) is 6.43. The summed E-state index contributed by atoms with van der Waals surface area (Å²) < 4.78 is 0. The molecule has 34 heteroatoms. The van der Waals surface area contributed by atoms with Crippen molar-refractivity contribution >= 4 is 71.6 Å². The van der Waals surface area contributed by atoms with E-state index in [1.807, 2.05) is 0 Å². The van der Waals surface area contributed by atoms with Gasteiger partial charge in [0.15, 0.2) is 0 Å². The van der Waals surface area contributed by atoms with Gasteiger partial charge in [0.25, 0.3) is 0 Å². The number of hydrogen-bond donors (Lipinski definition) is 0. The van der Waals surface area contributed by atoms with E-state index in [1.54, 1.807) is 0 Å². The molecule has 0 spiro atoms. The van der Waals surface area contributed by atoms with Crippen LogP contribution in [-0.4, -0.2) is 219 Å². The Morgan fingerprint density at radius 3 is 0.297 bits per heavy atom. The van der Waals surface area contributed by atoms with Crippen molar-refractivity contribution in [3.8, 4) is 0 Å². The fourth-order valence-corrected chi connectivity index (χ4v) is 4.32. The molecule has 0 rings (SSSR count). The molecule has 0 aromatic carbocycles. The molecule has 0 saturated heterocycles. The summed E-state index contributed by atoms with van der Waals surface area (Å²) >= 11 is 0. The molecule has 0 heterocycles. The average Bonchev–Trinajstić information content (AvgIpc) is 3.02. The predicted molar refractivity (Wildman–Crippen MR) is 159 cm³/mol. The molecule has 0 aliphatic heterocycles. The number of aliphatic carboxylic acids is 12. The van der Waals surface area contributed by atoms with Gasteiger partial charge in [-0.1, -0.05) is 0 Å². The van der Waals surface area contributed by atoms with Gasteiger partial charge >= 0.3 is 147 Å². The van der Waals surface area contributed by atoms with Crippen LogP contribution < -0.4 is 61.3 Å². The Balaban J connectivity index is -0.000000148. The Morgan fingerprint density at radius 2 is 0.250 bits per heavy atom. The third-order valence-electron chi connectivity index (χ3n) is 6.43. The second-order valence-corrected chi connectivity index (χ2v) is 11.7. The van der Waals surface area contributed by atoms with E-state index in [0.29, 0.717) is 0 Å². The minimum absolute atomic E-state index is 0. The zero-order valence-corrected chi connectivity index (χ0v) is 38.9. The quantitative estimate of drug-likeness (QED) is 0.0589. The molecule has 0 aromatic rings. The van der Waals surface area contributed by atoms with Crippen molar-refractivity contribution in [2.45, 2.75) is 0 Å². The zero-order chi connectivity index (χ0) is 47.1. The zero-order valence-electron chi connectivity index (χ0n) is 32.2. The molecule has 30 nitrogen and oxygen atoms in total. The Morgan fingerprint density at radius 1 is 0.188 bits per heavy atom. The molecule has 0 amide bonds. The number of rotatable bonds is 33. The molecule has 0 bridgehead atoms. The van der Waals surface area contributed by atoms with Crippen LogP contribution in [0, 0.1) is 147 Å². The van der Waals surface area contributed by atoms with Crippen LogP contribution in [0.5, 0.6) is 0 Å². The van der Waals surface area contributed by atoms with Gasteiger partial charge in [0, 0.05) is 118 Å². The summed E-state index contributed by atoms with van der Waals surface area (Å²) in [6.45, 7) is -9.75. The third kappa shape index (κ3) is 56.5. The average molecular weight is 1560 g/mol. The van der Waals surface area contributed by atoms with Crippen LogP contribution in [0.2, 0.25) is 0 Å². The van der Waals surface area contributed by atoms with Gasteiger partial charge < -0.3 is 119 Å². The predicted octanol–water partition coefficient (Wildman–Crippen LogP) is -22.2. The summed E-state index contributed by atoms with van der Waals surface area (Å²) in [5, 5.41) is 125. The number of carbonyl (C=O) groups excluding carboxylic acids is 12. The van der Waals surface area contributed by atoms with Crippen molar-refractivity contribution in [3.63, 3.8) is 0 Å². The fourth-order valence-electron chi connectivity index (χ4n) is 4.32. The van der Waals surface area contributed by atoms with Crippen molar-refractivity contribution < 1.29 is 266 Å². The smallest absolute Gasteiger partial charge is 0.549 e. The van der Waals surface area contributed by atoms with E-state index in [4.69, 9.17) is 0 Å². The van der Waals surface area contributed by atoms with E-state index in [9.17, 15) is 119 Å². The van der Waals surface area contributed by atoms with Crippen LogP contribution in [0.1, 0.15) is 0 Å². The van der Waals surface area contributed by atoms with Gasteiger partial charge in [0.1, 0.15) is 0 Å². The maximum atomic E-state index is 10.4. The molecule has 64 heavy (non-hydrogen) atoms. The van der Waals surface area contributed by atoms with Crippen LogP contribution in [0.3, 0.4) is 0 Å². The standard InChI is InChI=1S/3C10H16N2O8.4Lu/c3*13-7(14)3-11(4-8(15)16)1-2-12(5-9(17)18)6-10(19)20;;;;/h3*1-6H2,(H,13,14)(H,15,16)(H,17,18)(H,19,20);;;;/q;;;4*+3/p-12. The summed E-state index contributed by atoms with van der Waals surface area (Å²) in [7, 11) is 0. The van der Waals surface area contributed by atoms with Crippen LogP contribution in [0.15, 0.2) is 0 Å². The van der Waals surface area contributed by atoms with Crippen molar-refractivity contribution in [2.75, 3.05) is 118 Å². The van der Waals surface area contributed by atoms with E-state index in [-0.39, 0.29) is 187 Å². The van der Waals surface area contributed by atoms with Crippen LogP contribution >= 0.6 is 0 Å². The van der Waals surface area contributed by atoms with Gasteiger partial charge in [-0.2, -0.15) is 0 Å². The van der Waals surface area contributed by atoms with Crippen molar-refractivity contribution in [3.05, 3.63) is 0 Å². The molecule has 0 atom stereocenters.